The Balaban J connectivity index is 1.95. The first-order valence-electron chi connectivity index (χ1n) is 7.78. The summed E-state index contributed by atoms with van der Waals surface area (Å²) in [5.41, 5.74) is -1.88. The smallest absolute Gasteiger partial charge is 0.341 e. The van der Waals surface area contributed by atoms with Crippen molar-refractivity contribution in [2.45, 2.75) is 57.5 Å². The summed E-state index contributed by atoms with van der Waals surface area (Å²) in [4.78, 5) is 14.4. The van der Waals surface area contributed by atoms with Gasteiger partial charge in [0.05, 0.1) is 18.8 Å². The molecule has 2 aliphatic heterocycles. The molecule has 0 radical (unpaired) electrons. The van der Waals surface area contributed by atoms with E-state index in [1.807, 2.05) is 0 Å². The molecule has 0 saturated carbocycles. The molecule has 2 rings (SSSR count). The molecular formula is C15H27NO5. The van der Waals surface area contributed by atoms with E-state index in [1.54, 1.807) is 13.8 Å². The van der Waals surface area contributed by atoms with Crippen molar-refractivity contribution < 1.29 is 24.9 Å². The van der Waals surface area contributed by atoms with Crippen LogP contribution in [0, 0.1) is 11.8 Å². The normalized spacial score (nSPS) is 33.8. The van der Waals surface area contributed by atoms with E-state index >= 15 is 0 Å². The first kappa shape index (κ1) is 16.7. The van der Waals surface area contributed by atoms with Gasteiger partial charge in [-0.1, -0.05) is 13.8 Å². The average molecular weight is 301 g/mol. The van der Waals surface area contributed by atoms with Gasteiger partial charge in [-0.3, -0.25) is 4.90 Å². The number of esters is 1. The van der Waals surface area contributed by atoms with Crippen LogP contribution in [0.2, 0.25) is 0 Å². The molecule has 0 aromatic rings. The molecule has 2 saturated heterocycles. The van der Waals surface area contributed by atoms with Gasteiger partial charge < -0.3 is 20.1 Å². The lowest BCUT2D eigenvalue weighted by Gasteiger charge is -2.33. The van der Waals surface area contributed by atoms with E-state index in [2.05, 4.69) is 4.90 Å². The molecule has 0 aromatic carbocycles. The van der Waals surface area contributed by atoms with Crippen LogP contribution in [0.25, 0.3) is 0 Å². The van der Waals surface area contributed by atoms with Crippen molar-refractivity contribution in [2.75, 3.05) is 19.7 Å². The highest BCUT2D eigenvalue weighted by atomic mass is 16.6. The number of fused-ring (bicyclic) bond motifs is 1. The third-order valence-corrected chi connectivity index (χ3v) is 5.07. The number of nitrogens with zero attached hydrogens (tertiary/aromatic N) is 1. The summed E-state index contributed by atoms with van der Waals surface area (Å²) in [5.74, 6) is -1.13. The second-order valence-corrected chi connectivity index (χ2v) is 6.69. The zero-order valence-corrected chi connectivity index (χ0v) is 13.0. The van der Waals surface area contributed by atoms with Gasteiger partial charge in [-0.15, -0.1) is 0 Å². The molecule has 5 atom stereocenters. The molecule has 21 heavy (non-hydrogen) atoms. The first-order chi connectivity index (χ1) is 9.78. The van der Waals surface area contributed by atoms with Crippen LogP contribution in [0.5, 0.6) is 0 Å². The van der Waals surface area contributed by atoms with Crippen LogP contribution in [-0.4, -0.2) is 69.7 Å². The van der Waals surface area contributed by atoms with E-state index in [9.17, 15) is 20.1 Å². The summed E-state index contributed by atoms with van der Waals surface area (Å²) in [7, 11) is 0. The van der Waals surface area contributed by atoms with Crippen LogP contribution in [0.3, 0.4) is 0 Å². The van der Waals surface area contributed by atoms with E-state index < -0.39 is 23.6 Å². The number of aliphatic hydroxyl groups excluding tert-OH is 2. The summed E-state index contributed by atoms with van der Waals surface area (Å²) in [5, 5.41) is 30.1. The van der Waals surface area contributed by atoms with Crippen molar-refractivity contribution in [1.82, 2.24) is 4.90 Å². The highest BCUT2D eigenvalue weighted by molar-refractivity contribution is 5.80. The van der Waals surface area contributed by atoms with E-state index in [0.29, 0.717) is 0 Å². The zero-order chi connectivity index (χ0) is 15.8. The summed E-state index contributed by atoms with van der Waals surface area (Å²) in [6.45, 7) is 6.71. The zero-order valence-electron chi connectivity index (χ0n) is 13.0. The van der Waals surface area contributed by atoms with Crippen molar-refractivity contribution in [2.24, 2.45) is 11.8 Å². The van der Waals surface area contributed by atoms with Crippen LogP contribution >= 0.6 is 0 Å². The fourth-order valence-corrected chi connectivity index (χ4v) is 3.61. The number of carbonyl (C=O) groups excluding carboxylic acids is 1. The maximum absolute atomic E-state index is 12.2. The second-order valence-electron chi connectivity index (χ2n) is 6.69. The number of hydrogen-bond acceptors (Lipinski definition) is 6. The number of ether oxygens (including phenoxy) is 1. The Labute approximate surface area is 125 Å². The molecule has 2 aliphatic rings. The molecule has 0 amide bonds. The fourth-order valence-electron chi connectivity index (χ4n) is 3.61. The quantitative estimate of drug-likeness (QED) is 0.607. The van der Waals surface area contributed by atoms with Gasteiger partial charge in [-0.05, 0) is 32.2 Å². The molecule has 0 aromatic heterocycles. The summed E-state index contributed by atoms with van der Waals surface area (Å²) in [6, 6.07) is 0.0523. The van der Waals surface area contributed by atoms with Crippen LogP contribution in [0.4, 0.5) is 0 Å². The monoisotopic (exact) mass is 301 g/mol. The minimum absolute atomic E-state index is 0.0523. The topological polar surface area (TPSA) is 90.2 Å². The van der Waals surface area contributed by atoms with E-state index in [0.717, 1.165) is 25.9 Å². The molecule has 3 N–H and O–H groups in total. The Hall–Kier alpha value is -0.690. The van der Waals surface area contributed by atoms with Crippen molar-refractivity contribution in [3.05, 3.63) is 0 Å². The lowest BCUT2D eigenvalue weighted by atomic mass is 9.85. The first-order valence-corrected chi connectivity index (χ1v) is 7.78. The SMILES string of the molecule is CC(C)[C@@](O)(C(=O)OC[C@@H]1CCN2CC[C@@H](O)[C@H]12)[C@@H](C)O. The van der Waals surface area contributed by atoms with E-state index in [4.69, 9.17) is 4.74 Å². The van der Waals surface area contributed by atoms with Gasteiger partial charge in [0.25, 0.3) is 0 Å². The largest absolute Gasteiger partial charge is 0.463 e. The molecule has 0 unspecified atom stereocenters. The fraction of sp³-hybridized carbons (Fsp3) is 0.933. The Bertz CT molecular complexity index is 376. The van der Waals surface area contributed by atoms with Gasteiger partial charge in [0, 0.05) is 18.5 Å². The standard InChI is InChI=1S/C15H27NO5/c1-9(2)15(20,10(3)17)14(19)21-8-11-4-6-16-7-5-12(18)13(11)16/h9-13,17-18,20H,4-8H2,1-3H3/t10-,11+,12-,13+,15+/m1/s1. The molecule has 2 fully saturated rings. The summed E-state index contributed by atoms with van der Waals surface area (Å²) in [6.07, 6.45) is 0.0850. The van der Waals surface area contributed by atoms with Gasteiger partial charge in [-0.25, -0.2) is 4.79 Å². The van der Waals surface area contributed by atoms with Crippen LogP contribution in [0.15, 0.2) is 0 Å². The Morgan fingerprint density at radius 2 is 1.95 bits per heavy atom. The minimum atomic E-state index is -1.88. The molecule has 122 valence electrons. The van der Waals surface area contributed by atoms with Gasteiger partial charge in [0.1, 0.15) is 0 Å². The van der Waals surface area contributed by atoms with Crippen molar-refractivity contribution in [3.8, 4) is 0 Å². The molecule has 0 spiro atoms. The minimum Gasteiger partial charge on any atom is -0.463 e. The Morgan fingerprint density at radius 1 is 1.33 bits per heavy atom. The summed E-state index contributed by atoms with van der Waals surface area (Å²) < 4.78 is 5.28. The number of hydrogen-bond donors (Lipinski definition) is 3. The van der Waals surface area contributed by atoms with Gasteiger partial charge in [-0.2, -0.15) is 0 Å². The van der Waals surface area contributed by atoms with Gasteiger partial charge in [0.2, 0.25) is 0 Å². The summed E-state index contributed by atoms with van der Waals surface area (Å²) >= 11 is 0. The molecule has 0 aliphatic carbocycles. The Morgan fingerprint density at radius 3 is 2.52 bits per heavy atom. The van der Waals surface area contributed by atoms with Crippen molar-refractivity contribution >= 4 is 5.97 Å². The third-order valence-electron chi connectivity index (χ3n) is 5.07. The van der Waals surface area contributed by atoms with Crippen LogP contribution in [-0.2, 0) is 9.53 Å². The lowest BCUT2D eigenvalue weighted by molar-refractivity contribution is -0.186. The maximum Gasteiger partial charge on any atom is 0.341 e. The van der Waals surface area contributed by atoms with Gasteiger partial charge >= 0.3 is 5.97 Å². The molecular weight excluding hydrogens is 274 g/mol. The molecule has 0 bridgehead atoms. The predicted molar refractivity (Wildman–Crippen MR) is 76.5 cm³/mol. The lowest BCUT2D eigenvalue weighted by Crippen LogP contribution is -2.53. The van der Waals surface area contributed by atoms with E-state index in [-0.39, 0.29) is 24.7 Å². The highest BCUT2D eigenvalue weighted by Crippen LogP contribution is 2.33. The Kier molecular flexibility index (Phi) is 4.92. The van der Waals surface area contributed by atoms with Crippen molar-refractivity contribution in [3.63, 3.8) is 0 Å². The maximum atomic E-state index is 12.2. The van der Waals surface area contributed by atoms with E-state index in [1.165, 1.54) is 6.92 Å². The number of rotatable bonds is 5. The molecule has 6 nitrogen and oxygen atoms in total. The number of carbonyl (C=O) groups is 1. The van der Waals surface area contributed by atoms with Gasteiger partial charge in [0.15, 0.2) is 5.60 Å². The van der Waals surface area contributed by atoms with Crippen LogP contribution < -0.4 is 0 Å². The second kappa shape index (κ2) is 6.20. The third kappa shape index (κ3) is 2.95. The van der Waals surface area contributed by atoms with Crippen molar-refractivity contribution in [1.29, 1.82) is 0 Å². The predicted octanol–water partition coefficient (Wildman–Crippen LogP) is -0.247. The molecule has 6 heteroatoms. The number of aliphatic hydroxyl groups is 3. The molecule has 2 heterocycles. The van der Waals surface area contributed by atoms with Crippen LogP contribution in [0.1, 0.15) is 33.6 Å². The average Bonchev–Trinajstić information content (AvgIpc) is 2.98. The highest BCUT2D eigenvalue weighted by Gasteiger charge is 2.47.